The fourth-order valence-electron chi connectivity index (χ4n) is 1.88. The van der Waals surface area contributed by atoms with Gasteiger partial charge in [-0.15, -0.1) is 0 Å². The number of nitrogens with one attached hydrogen (secondary N) is 1. The fourth-order valence-corrected chi connectivity index (χ4v) is 1.88. The van der Waals surface area contributed by atoms with Crippen LogP contribution in [0.5, 0.6) is 0 Å². The Balaban J connectivity index is 2.36. The molecule has 1 rings (SSSR count). The number of carbonyl (C=O) groups is 2. The van der Waals surface area contributed by atoms with E-state index in [4.69, 9.17) is 5.11 Å². The largest absolute Gasteiger partial charge is 0.481 e. The fraction of sp³-hybridized carbons (Fsp3) is 0.692. The van der Waals surface area contributed by atoms with Crippen LogP contribution in [-0.4, -0.2) is 55.9 Å². The van der Waals surface area contributed by atoms with Crippen LogP contribution in [0.4, 0.5) is 4.79 Å². The Morgan fingerprint density at radius 3 is 2.71 bits per heavy atom. The van der Waals surface area contributed by atoms with Crippen LogP contribution in [0.2, 0.25) is 0 Å². The summed E-state index contributed by atoms with van der Waals surface area (Å²) in [5.41, 5.74) is 0. The van der Waals surface area contributed by atoms with Crippen LogP contribution in [0.1, 0.15) is 32.5 Å². The molecule has 0 aromatic carbocycles. The summed E-state index contributed by atoms with van der Waals surface area (Å²) in [6.07, 6.45) is 2.69. The van der Waals surface area contributed by atoms with E-state index in [2.05, 4.69) is 15.4 Å². The molecule has 8 nitrogen and oxygen atoms in total. The highest BCUT2D eigenvalue weighted by Crippen LogP contribution is 2.02. The molecule has 0 aliphatic carbocycles. The van der Waals surface area contributed by atoms with Crippen molar-refractivity contribution < 1.29 is 14.7 Å². The Morgan fingerprint density at radius 2 is 2.19 bits per heavy atom. The molecule has 0 aliphatic heterocycles. The second kappa shape index (κ2) is 8.23. The zero-order valence-electron chi connectivity index (χ0n) is 12.7. The van der Waals surface area contributed by atoms with Gasteiger partial charge < -0.3 is 15.3 Å². The van der Waals surface area contributed by atoms with Gasteiger partial charge in [0.2, 0.25) is 0 Å². The number of amides is 2. The van der Waals surface area contributed by atoms with E-state index in [1.165, 1.54) is 0 Å². The smallest absolute Gasteiger partial charge is 0.317 e. The van der Waals surface area contributed by atoms with E-state index in [-0.39, 0.29) is 18.5 Å². The second-order valence-corrected chi connectivity index (χ2v) is 5.10. The van der Waals surface area contributed by atoms with Crippen molar-refractivity contribution in [1.82, 2.24) is 25.0 Å². The van der Waals surface area contributed by atoms with Gasteiger partial charge in [0, 0.05) is 39.0 Å². The Bertz CT molecular complexity index is 472. The van der Waals surface area contributed by atoms with Gasteiger partial charge in [0.05, 0.1) is 0 Å². The third-order valence-electron chi connectivity index (χ3n) is 2.95. The zero-order chi connectivity index (χ0) is 15.8. The van der Waals surface area contributed by atoms with Crippen LogP contribution in [-0.2, 0) is 18.3 Å². The van der Waals surface area contributed by atoms with Crippen LogP contribution in [0.3, 0.4) is 0 Å². The molecule has 0 atom stereocenters. The van der Waals surface area contributed by atoms with E-state index in [0.29, 0.717) is 31.8 Å². The highest BCUT2D eigenvalue weighted by Gasteiger charge is 2.16. The van der Waals surface area contributed by atoms with Crippen LogP contribution in [0.25, 0.3) is 0 Å². The topological polar surface area (TPSA) is 100 Å². The molecule has 0 aliphatic rings. The van der Waals surface area contributed by atoms with Crippen LogP contribution >= 0.6 is 0 Å². The molecule has 21 heavy (non-hydrogen) atoms. The van der Waals surface area contributed by atoms with Gasteiger partial charge in [-0.3, -0.25) is 9.48 Å². The van der Waals surface area contributed by atoms with Crippen molar-refractivity contribution in [3.05, 3.63) is 12.2 Å². The number of carboxylic acid groups (broad SMARTS) is 1. The molecule has 0 bridgehead atoms. The molecular formula is C13H23N5O3. The van der Waals surface area contributed by atoms with Gasteiger partial charge in [-0.2, -0.15) is 5.10 Å². The van der Waals surface area contributed by atoms with Gasteiger partial charge in [0.25, 0.3) is 0 Å². The SMILES string of the molecule is CC(C)N(CCCC(=O)O)C(=O)NCCc1ncn(C)n1. The van der Waals surface area contributed by atoms with E-state index in [0.717, 1.165) is 0 Å². The van der Waals surface area contributed by atoms with Crippen molar-refractivity contribution in [2.75, 3.05) is 13.1 Å². The quantitative estimate of drug-likeness (QED) is 0.733. The number of rotatable bonds is 8. The number of aryl methyl sites for hydroxylation is 1. The summed E-state index contributed by atoms with van der Waals surface area (Å²) in [4.78, 5) is 28.3. The normalized spacial score (nSPS) is 10.7. The molecule has 2 N–H and O–H groups in total. The standard InChI is InChI=1S/C13H23N5O3/c1-10(2)18(8-4-5-12(19)20)13(21)14-7-6-11-15-9-17(3)16-11/h9-10H,4-8H2,1-3H3,(H,14,21)(H,19,20). The lowest BCUT2D eigenvalue weighted by Gasteiger charge is -2.26. The maximum Gasteiger partial charge on any atom is 0.317 e. The predicted octanol–water partition coefficient (Wildman–Crippen LogP) is 0.642. The van der Waals surface area contributed by atoms with Crippen molar-refractivity contribution in [2.24, 2.45) is 7.05 Å². The first-order valence-corrected chi connectivity index (χ1v) is 7.01. The van der Waals surface area contributed by atoms with Gasteiger partial charge in [-0.05, 0) is 20.3 Å². The van der Waals surface area contributed by atoms with E-state index >= 15 is 0 Å². The summed E-state index contributed by atoms with van der Waals surface area (Å²) in [5.74, 6) is -0.167. The van der Waals surface area contributed by atoms with E-state index in [1.54, 1.807) is 23.0 Å². The minimum Gasteiger partial charge on any atom is -0.481 e. The first-order valence-electron chi connectivity index (χ1n) is 7.01. The van der Waals surface area contributed by atoms with Crippen molar-refractivity contribution in [2.45, 2.75) is 39.2 Å². The molecule has 0 spiro atoms. The Hall–Kier alpha value is -2.12. The number of urea groups is 1. The van der Waals surface area contributed by atoms with E-state index in [9.17, 15) is 9.59 Å². The van der Waals surface area contributed by atoms with Gasteiger partial charge in [0.1, 0.15) is 6.33 Å². The average molecular weight is 297 g/mol. The van der Waals surface area contributed by atoms with Crippen molar-refractivity contribution >= 4 is 12.0 Å². The first-order chi connectivity index (χ1) is 9.90. The molecule has 1 heterocycles. The van der Waals surface area contributed by atoms with Crippen LogP contribution < -0.4 is 5.32 Å². The van der Waals surface area contributed by atoms with Crippen molar-refractivity contribution in [1.29, 1.82) is 0 Å². The molecule has 0 fully saturated rings. The minimum absolute atomic E-state index is 0.0202. The molecule has 0 saturated heterocycles. The Kier molecular flexibility index (Phi) is 6.64. The van der Waals surface area contributed by atoms with Crippen LogP contribution in [0.15, 0.2) is 6.33 Å². The molecule has 1 aromatic heterocycles. The summed E-state index contributed by atoms with van der Waals surface area (Å²) in [5, 5.41) is 15.6. The molecule has 118 valence electrons. The number of aliphatic carboxylic acids is 1. The summed E-state index contributed by atoms with van der Waals surface area (Å²) < 4.78 is 1.61. The molecule has 1 aromatic rings. The lowest BCUT2D eigenvalue weighted by atomic mass is 10.2. The highest BCUT2D eigenvalue weighted by molar-refractivity contribution is 5.74. The number of carbonyl (C=O) groups excluding carboxylic acids is 1. The third-order valence-corrected chi connectivity index (χ3v) is 2.95. The molecule has 0 saturated carbocycles. The van der Waals surface area contributed by atoms with Crippen LogP contribution in [0, 0.1) is 0 Å². The lowest BCUT2D eigenvalue weighted by molar-refractivity contribution is -0.137. The van der Waals surface area contributed by atoms with Gasteiger partial charge in [0.15, 0.2) is 5.82 Å². The molecular weight excluding hydrogens is 274 g/mol. The number of carboxylic acids is 1. The summed E-state index contributed by atoms with van der Waals surface area (Å²) in [6.45, 7) is 4.68. The number of hydrogen-bond donors (Lipinski definition) is 2. The number of aromatic nitrogens is 3. The van der Waals surface area contributed by atoms with E-state index < -0.39 is 5.97 Å². The molecule has 8 heteroatoms. The summed E-state index contributed by atoms with van der Waals surface area (Å²) in [7, 11) is 1.79. The second-order valence-electron chi connectivity index (χ2n) is 5.10. The van der Waals surface area contributed by atoms with Crippen molar-refractivity contribution in [3.8, 4) is 0 Å². The minimum atomic E-state index is -0.847. The molecule has 2 amide bonds. The monoisotopic (exact) mass is 297 g/mol. The number of nitrogens with zero attached hydrogens (tertiary/aromatic N) is 4. The molecule has 0 unspecified atom stereocenters. The maximum atomic E-state index is 12.1. The van der Waals surface area contributed by atoms with E-state index in [1.807, 2.05) is 13.8 Å². The summed E-state index contributed by atoms with van der Waals surface area (Å²) >= 11 is 0. The van der Waals surface area contributed by atoms with Gasteiger partial charge >= 0.3 is 12.0 Å². The van der Waals surface area contributed by atoms with Gasteiger partial charge in [-0.1, -0.05) is 0 Å². The average Bonchev–Trinajstić information content (AvgIpc) is 2.79. The molecule has 0 radical (unpaired) electrons. The maximum absolute atomic E-state index is 12.1. The third kappa shape index (κ3) is 6.24. The Labute approximate surface area is 124 Å². The van der Waals surface area contributed by atoms with Crippen molar-refractivity contribution in [3.63, 3.8) is 0 Å². The lowest BCUT2D eigenvalue weighted by Crippen LogP contribution is -2.45. The predicted molar refractivity (Wildman–Crippen MR) is 76.8 cm³/mol. The highest BCUT2D eigenvalue weighted by atomic mass is 16.4. The van der Waals surface area contributed by atoms with Gasteiger partial charge in [-0.25, -0.2) is 9.78 Å². The Morgan fingerprint density at radius 1 is 1.48 bits per heavy atom. The number of hydrogen-bond acceptors (Lipinski definition) is 4. The summed E-state index contributed by atoms with van der Waals surface area (Å²) in [6, 6.07) is -0.168. The zero-order valence-corrected chi connectivity index (χ0v) is 12.7. The first kappa shape index (κ1) is 16.9.